The molecule has 3 aromatic rings. The van der Waals surface area contributed by atoms with E-state index in [9.17, 15) is 8.42 Å². The molecule has 0 bridgehead atoms. The molecule has 0 radical (unpaired) electrons. The number of nitrogens with zero attached hydrogens (tertiary/aromatic N) is 1. The lowest BCUT2D eigenvalue weighted by Gasteiger charge is -2.06. The number of aryl methyl sites for hydroxylation is 1. The van der Waals surface area contributed by atoms with E-state index < -0.39 is 9.84 Å². The Morgan fingerprint density at radius 3 is 2.52 bits per heavy atom. The largest absolute Gasteiger partial charge is 0.399 e. The summed E-state index contributed by atoms with van der Waals surface area (Å²) in [6.45, 7) is 0. The van der Waals surface area contributed by atoms with Gasteiger partial charge < -0.3 is 10.3 Å². The number of rotatable bonds is 2. The maximum Gasteiger partial charge on any atom is 0.175 e. The summed E-state index contributed by atoms with van der Waals surface area (Å²) in [4.78, 5) is 0.324. The lowest BCUT2D eigenvalue weighted by Crippen LogP contribution is -1.98. The van der Waals surface area contributed by atoms with Crippen LogP contribution in [0.1, 0.15) is 0 Å². The van der Waals surface area contributed by atoms with Crippen LogP contribution in [0.5, 0.6) is 0 Å². The highest BCUT2D eigenvalue weighted by Crippen LogP contribution is 2.29. The van der Waals surface area contributed by atoms with E-state index in [1.165, 1.54) is 6.26 Å². The summed E-state index contributed by atoms with van der Waals surface area (Å²) in [5.41, 5.74) is 9.42. The quantitative estimate of drug-likeness (QED) is 0.740. The second-order valence-corrected chi connectivity index (χ2v) is 7.22. The van der Waals surface area contributed by atoms with Crippen LogP contribution in [0, 0.1) is 0 Å². The number of hydrogen-bond acceptors (Lipinski definition) is 3. The maximum absolute atomic E-state index is 11.7. The zero-order valence-corrected chi connectivity index (χ0v) is 12.7. The van der Waals surface area contributed by atoms with Gasteiger partial charge >= 0.3 is 0 Å². The highest BCUT2D eigenvalue weighted by molar-refractivity contribution is 7.90. The van der Waals surface area contributed by atoms with Gasteiger partial charge in [0.25, 0.3) is 0 Å². The Kier molecular flexibility index (Phi) is 3.02. The second kappa shape index (κ2) is 4.63. The lowest BCUT2D eigenvalue weighted by molar-refractivity contribution is 0.602. The Hall–Kier alpha value is -2.27. The van der Waals surface area contributed by atoms with E-state index >= 15 is 0 Å². The predicted octanol–water partition coefficient (Wildman–Crippen LogP) is 2.83. The van der Waals surface area contributed by atoms with Gasteiger partial charge in [-0.25, -0.2) is 8.42 Å². The fourth-order valence-electron chi connectivity index (χ4n) is 2.53. The monoisotopic (exact) mass is 300 g/mol. The number of nitrogens with two attached hydrogens (primary N) is 1. The first-order chi connectivity index (χ1) is 9.86. The molecular weight excluding hydrogens is 284 g/mol. The molecule has 0 aliphatic heterocycles. The maximum atomic E-state index is 11.7. The number of anilines is 1. The number of fused-ring (bicyclic) bond motifs is 1. The van der Waals surface area contributed by atoms with E-state index in [4.69, 9.17) is 5.73 Å². The van der Waals surface area contributed by atoms with Crippen molar-refractivity contribution < 1.29 is 8.42 Å². The van der Waals surface area contributed by atoms with Gasteiger partial charge in [-0.2, -0.15) is 0 Å². The minimum atomic E-state index is -3.21. The smallest absolute Gasteiger partial charge is 0.175 e. The van der Waals surface area contributed by atoms with Crippen molar-refractivity contribution in [1.29, 1.82) is 0 Å². The van der Waals surface area contributed by atoms with Crippen molar-refractivity contribution in [2.24, 2.45) is 7.05 Å². The van der Waals surface area contributed by atoms with Crippen LogP contribution in [0.15, 0.2) is 53.4 Å². The third-order valence-corrected chi connectivity index (χ3v) is 4.73. The molecule has 21 heavy (non-hydrogen) atoms. The van der Waals surface area contributed by atoms with Gasteiger partial charge in [0.1, 0.15) is 0 Å². The summed E-state index contributed by atoms with van der Waals surface area (Å²) in [6.07, 6.45) is 1.22. The molecule has 0 atom stereocenters. The zero-order chi connectivity index (χ0) is 15.2. The SMILES string of the molecule is Cn1c(-c2cccc(S(C)(=O)=O)c2)cc2cc(N)ccc21. The number of sulfone groups is 1. The minimum absolute atomic E-state index is 0.324. The summed E-state index contributed by atoms with van der Waals surface area (Å²) < 4.78 is 25.4. The van der Waals surface area contributed by atoms with Gasteiger partial charge in [-0.05, 0) is 42.0 Å². The molecule has 2 aromatic carbocycles. The molecule has 0 saturated carbocycles. The van der Waals surface area contributed by atoms with E-state index in [0.717, 1.165) is 22.2 Å². The van der Waals surface area contributed by atoms with Crippen LogP contribution in [0.3, 0.4) is 0 Å². The van der Waals surface area contributed by atoms with Gasteiger partial charge in [0.2, 0.25) is 0 Å². The molecule has 0 saturated heterocycles. The van der Waals surface area contributed by atoms with Crippen molar-refractivity contribution in [1.82, 2.24) is 4.57 Å². The minimum Gasteiger partial charge on any atom is -0.399 e. The van der Waals surface area contributed by atoms with Crippen LogP contribution in [0.2, 0.25) is 0 Å². The first kappa shape index (κ1) is 13.7. The van der Waals surface area contributed by atoms with Crippen LogP contribution in [-0.2, 0) is 16.9 Å². The number of nitrogen functional groups attached to an aromatic ring is 1. The molecule has 0 amide bonds. The number of benzene rings is 2. The molecule has 0 spiro atoms. The van der Waals surface area contributed by atoms with E-state index in [-0.39, 0.29) is 0 Å². The van der Waals surface area contributed by atoms with Crippen molar-refractivity contribution in [2.75, 3.05) is 12.0 Å². The van der Waals surface area contributed by atoms with E-state index in [1.54, 1.807) is 18.2 Å². The summed E-state index contributed by atoms with van der Waals surface area (Å²) in [5, 5.41) is 1.04. The molecule has 3 rings (SSSR count). The Morgan fingerprint density at radius 1 is 1.05 bits per heavy atom. The molecule has 1 heterocycles. The molecule has 0 aliphatic carbocycles. The van der Waals surface area contributed by atoms with Crippen molar-refractivity contribution in [2.45, 2.75) is 4.90 Å². The molecule has 0 fully saturated rings. The van der Waals surface area contributed by atoms with Gasteiger partial charge in [-0.3, -0.25) is 0 Å². The average Bonchev–Trinajstić information content (AvgIpc) is 2.74. The first-order valence-corrected chi connectivity index (χ1v) is 8.41. The fourth-order valence-corrected chi connectivity index (χ4v) is 3.20. The molecule has 1 aromatic heterocycles. The van der Waals surface area contributed by atoms with Gasteiger partial charge in [0.15, 0.2) is 9.84 Å². The topological polar surface area (TPSA) is 65.1 Å². The Morgan fingerprint density at radius 2 is 1.81 bits per heavy atom. The lowest BCUT2D eigenvalue weighted by atomic mass is 10.1. The highest BCUT2D eigenvalue weighted by atomic mass is 32.2. The molecule has 5 heteroatoms. The van der Waals surface area contributed by atoms with E-state index in [2.05, 4.69) is 0 Å². The van der Waals surface area contributed by atoms with Gasteiger partial charge in [-0.1, -0.05) is 12.1 Å². The second-order valence-electron chi connectivity index (χ2n) is 5.21. The number of hydrogen-bond donors (Lipinski definition) is 1. The summed E-state index contributed by atoms with van der Waals surface area (Å²) in [5.74, 6) is 0. The van der Waals surface area contributed by atoms with Gasteiger partial charge in [0.05, 0.1) is 4.90 Å². The van der Waals surface area contributed by atoms with Crippen molar-refractivity contribution >= 4 is 26.4 Å². The number of aromatic nitrogens is 1. The van der Waals surface area contributed by atoms with Crippen LogP contribution in [-0.4, -0.2) is 19.2 Å². The molecule has 4 nitrogen and oxygen atoms in total. The van der Waals surface area contributed by atoms with Crippen LogP contribution >= 0.6 is 0 Å². The van der Waals surface area contributed by atoms with Crippen molar-refractivity contribution in [3.8, 4) is 11.3 Å². The normalized spacial score (nSPS) is 11.9. The molecular formula is C16H16N2O2S. The van der Waals surface area contributed by atoms with Crippen LogP contribution in [0.25, 0.3) is 22.2 Å². The van der Waals surface area contributed by atoms with E-state index in [0.29, 0.717) is 10.6 Å². The molecule has 2 N–H and O–H groups in total. The third-order valence-electron chi connectivity index (χ3n) is 3.62. The van der Waals surface area contributed by atoms with Crippen molar-refractivity contribution in [3.63, 3.8) is 0 Å². The molecule has 0 unspecified atom stereocenters. The van der Waals surface area contributed by atoms with E-state index in [1.807, 2.05) is 41.9 Å². The standard InChI is InChI=1S/C16H16N2O2S/c1-18-15-7-6-13(17)8-12(15)10-16(18)11-4-3-5-14(9-11)21(2,19)20/h3-10H,17H2,1-2H3. The van der Waals surface area contributed by atoms with Crippen molar-refractivity contribution in [3.05, 3.63) is 48.5 Å². The summed E-state index contributed by atoms with van der Waals surface area (Å²) in [7, 11) is -1.25. The van der Waals surface area contributed by atoms with Gasteiger partial charge in [0, 0.05) is 35.6 Å². The summed E-state index contributed by atoms with van der Waals surface area (Å²) >= 11 is 0. The molecule has 0 aliphatic rings. The first-order valence-electron chi connectivity index (χ1n) is 6.52. The third kappa shape index (κ3) is 2.40. The highest BCUT2D eigenvalue weighted by Gasteiger charge is 2.12. The fraction of sp³-hybridized carbons (Fsp3) is 0.125. The van der Waals surface area contributed by atoms with Crippen LogP contribution < -0.4 is 5.73 Å². The Bertz CT molecular complexity index is 940. The predicted molar refractivity (Wildman–Crippen MR) is 85.9 cm³/mol. The van der Waals surface area contributed by atoms with Gasteiger partial charge in [-0.15, -0.1) is 0 Å². The average molecular weight is 300 g/mol. The molecule has 108 valence electrons. The summed E-state index contributed by atoms with van der Waals surface area (Å²) in [6, 6.07) is 14.7. The van der Waals surface area contributed by atoms with Crippen LogP contribution in [0.4, 0.5) is 5.69 Å². The zero-order valence-electron chi connectivity index (χ0n) is 11.9. The Balaban J connectivity index is 2.23. The Labute approximate surface area is 123 Å².